The van der Waals surface area contributed by atoms with E-state index in [2.05, 4.69) is 9.97 Å². The quantitative estimate of drug-likeness (QED) is 0.501. The van der Waals surface area contributed by atoms with E-state index in [9.17, 15) is 14.7 Å². The predicted octanol–water partition coefficient (Wildman–Crippen LogP) is 0.655. The van der Waals surface area contributed by atoms with Crippen LogP contribution in [-0.2, 0) is 4.74 Å². The lowest BCUT2D eigenvalue weighted by molar-refractivity contribution is 0.0152. The van der Waals surface area contributed by atoms with Crippen LogP contribution in [0.25, 0.3) is 0 Å². The highest BCUT2D eigenvalue weighted by Gasteiger charge is 2.18. The molecule has 0 spiro atoms. The van der Waals surface area contributed by atoms with E-state index in [-0.39, 0.29) is 34.7 Å². The van der Waals surface area contributed by atoms with E-state index in [1.54, 1.807) is 0 Å². The van der Waals surface area contributed by atoms with Crippen molar-refractivity contribution in [3.63, 3.8) is 0 Å². The summed E-state index contributed by atoms with van der Waals surface area (Å²) in [5.74, 6) is -0.968. The summed E-state index contributed by atoms with van der Waals surface area (Å²) >= 11 is 1.02. The minimum atomic E-state index is -1.17. The van der Waals surface area contributed by atoms with Crippen LogP contribution < -0.4 is 5.69 Å². The SMILES string of the molecule is Cc1[nH]c(=O)nc(SCC(O)COC(C)C)c1C(=O)O. The first-order valence-corrected chi connectivity index (χ1v) is 7.06. The molecule has 7 nitrogen and oxygen atoms in total. The van der Waals surface area contributed by atoms with E-state index in [4.69, 9.17) is 9.84 Å². The van der Waals surface area contributed by atoms with Crippen LogP contribution in [0.2, 0.25) is 0 Å². The number of rotatable bonds is 7. The molecule has 1 aromatic rings. The number of carboxylic acids is 1. The molecule has 3 N–H and O–H groups in total. The third kappa shape index (κ3) is 4.95. The second-order valence-corrected chi connectivity index (χ2v) is 5.51. The van der Waals surface area contributed by atoms with Crippen molar-refractivity contribution in [1.29, 1.82) is 0 Å². The monoisotopic (exact) mass is 302 g/mol. The largest absolute Gasteiger partial charge is 0.478 e. The number of carboxylic acid groups (broad SMARTS) is 1. The van der Waals surface area contributed by atoms with Crippen LogP contribution in [-0.4, -0.2) is 50.7 Å². The maximum atomic E-state index is 11.3. The Hall–Kier alpha value is -1.38. The van der Waals surface area contributed by atoms with Gasteiger partial charge in [-0.1, -0.05) is 0 Å². The van der Waals surface area contributed by atoms with Gasteiger partial charge in [-0.05, 0) is 20.8 Å². The minimum Gasteiger partial charge on any atom is -0.478 e. The molecule has 1 aromatic heterocycles. The Labute approximate surface area is 120 Å². The summed E-state index contributed by atoms with van der Waals surface area (Å²) < 4.78 is 5.25. The Morgan fingerprint density at radius 1 is 1.50 bits per heavy atom. The topological polar surface area (TPSA) is 113 Å². The van der Waals surface area contributed by atoms with Crippen molar-refractivity contribution in [2.45, 2.75) is 38.0 Å². The van der Waals surface area contributed by atoms with Gasteiger partial charge in [-0.2, -0.15) is 4.98 Å². The van der Waals surface area contributed by atoms with Crippen LogP contribution in [0.3, 0.4) is 0 Å². The molecule has 0 radical (unpaired) electrons. The average Bonchev–Trinajstić information content (AvgIpc) is 2.32. The maximum absolute atomic E-state index is 11.3. The molecule has 0 aliphatic carbocycles. The highest BCUT2D eigenvalue weighted by Crippen LogP contribution is 2.21. The van der Waals surface area contributed by atoms with E-state index in [0.717, 1.165) is 11.8 Å². The number of nitrogens with zero attached hydrogens (tertiary/aromatic N) is 1. The van der Waals surface area contributed by atoms with Crippen LogP contribution in [0.15, 0.2) is 9.82 Å². The van der Waals surface area contributed by atoms with Gasteiger partial charge in [0.2, 0.25) is 0 Å². The zero-order valence-electron chi connectivity index (χ0n) is 11.5. The van der Waals surface area contributed by atoms with Crippen molar-refractivity contribution in [2.75, 3.05) is 12.4 Å². The maximum Gasteiger partial charge on any atom is 0.346 e. The second-order valence-electron chi connectivity index (χ2n) is 4.50. The number of ether oxygens (including phenoxy) is 1. The molecule has 1 rings (SSSR count). The van der Waals surface area contributed by atoms with Crippen LogP contribution in [0.4, 0.5) is 0 Å². The molecule has 20 heavy (non-hydrogen) atoms. The fourth-order valence-electron chi connectivity index (χ4n) is 1.44. The molecule has 0 fully saturated rings. The first kappa shape index (κ1) is 16.7. The third-order valence-corrected chi connectivity index (χ3v) is 3.45. The van der Waals surface area contributed by atoms with Gasteiger partial charge in [0.1, 0.15) is 10.6 Å². The predicted molar refractivity (Wildman–Crippen MR) is 74.4 cm³/mol. The zero-order chi connectivity index (χ0) is 15.3. The van der Waals surface area contributed by atoms with Gasteiger partial charge in [-0.15, -0.1) is 11.8 Å². The molecule has 1 atom stereocenters. The van der Waals surface area contributed by atoms with Crippen molar-refractivity contribution < 1.29 is 19.7 Å². The lowest BCUT2D eigenvalue weighted by Crippen LogP contribution is -2.22. The number of aromatic carboxylic acids is 1. The molecule has 0 aliphatic heterocycles. The van der Waals surface area contributed by atoms with Crippen molar-refractivity contribution in [3.05, 3.63) is 21.7 Å². The summed E-state index contributed by atoms with van der Waals surface area (Å²) in [6, 6.07) is 0. The van der Waals surface area contributed by atoms with Crippen LogP contribution in [0, 0.1) is 6.92 Å². The van der Waals surface area contributed by atoms with Crippen molar-refractivity contribution in [1.82, 2.24) is 9.97 Å². The number of aromatic amines is 1. The molecule has 0 aromatic carbocycles. The number of nitrogens with one attached hydrogen (secondary N) is 1. The van der Waals surface area contributed by atoms with Gasteiger partial charge in [0.25, 0.3) is 0 Å². The fourth-order valence-corrected chi connectivity index (χ4v) is 2.42. The van der Waals surface area contributed by atoms with E-state index in [0.29, 0.717) is 0 Å². The average molecular weight is 302 g/mol. The highest BCUT2D eigenvalue weighted by atomic mass is 32.2. The summed E-state index contributed by atoms with van der Waals surface area (Å²) in [5, 5.41) is 18.9. The Balaban J connectivity index is 2.77. The summed E-state index contributed by atoms with van der Waals surface area (Å²) in [4.78, 5) is 28.4. The van der Waals surface area contributed by atoms with Gasteiger partial charge in [0, 0.05) is 11.4 Å². The number of aliphatic hydroxyl groups is 1. The molecule has 0 bridgehead atoms. The number of hydrogen-bond acceptors (Lipinski definition) is 6. The van der Waals surface area contributed by atoms with Gasteiger partial charge in [0.05, 0.1) is 18.8 Å². The molecule has 0 saturated carbocycles. The van der Waals surface area contributed by atoms with Gasteiger partial charge < -0.3 is 19.9 Å². The molecule has 1 unspecified atom stereocenters. The van der Waals surface area contributed by atoms with E-state index in [1.807, 2.05) is 13.8 Å². The number of aliphatic hydroxyl groups excluding tert-OH is 1. The number of H-pyrrole nitrogens is 1. The lowest BCUT2D eigenvalue weighted by Gasteiger charge is -2.13. The minimum absolute atomic E-state index is 0.00386. The first-order chi connectivity index (χ1) is 9.31. The molecule has 0 amide bonds. The summed E-state index contributed by atoms with van der Waals surface area (Å²) in [5.41, 5.74) is -0.414. The Kier molecular flexibility index (Phi) is 6.18. The molecular formula is C12H18N2O5S. The zero-order valence-corrected chi connectivity index (χ0v) is 12.4. The molecule has 0 saturated heterocycles. The Bertz CT molecular complexity index is 529. The highest BCUT2D eigenvalue weighted by molar-refractivity contribution is 7.99. The third-order valence-electron chi connectivity index (χ3n) is 2.33. The van der Waals surface area contributed by atoms with E-state index >= 15 is 0 Å². The van der Waals surface area contributed by atoms with E-state index < -0.39 is 17.8 Å². The Morgan fingerprint density at radius 3 is 2.70 bits per heavy atom. The van der Waals surface area contributed by atoms with Crippen molar-refractivity contribution in [2.24, 2.45) is 0 Å². The normalized spacial score (nSPS) is 12.7. The molecule has 8 heteroatoms. The van der Waals surface area contributed by atoms with E-state index in [1.165, 1.54) is 6.92 Å². The van der Waals surface area contributed by atoms with Crippen molar-refractivity contribution >= 4 is 17.7 Å². The Morgan fingerprint density at radius 2 is 2.15 bits per heavy atom. The number of aryl methyl sites for hydroxylation is 1. The van der Waals surface area contributed by atoms with Gasteiger partial charge in [-0.25, -0.2) is 9.59 Å². The lowest BCUT2D eigenvalue weighted by atomic mass is 10.2. The fraction of sp³-hybridized carbons (Fsp3) is 0.583. The molecule has 1 heterocycles. The van der Waals surface area contributed by atoms with Gasteiger partial charge >= 0.3 is 11.7 Å². The summed E-state index contributed by atoms with van der Waals surface area (Å²) in [6.07, 6.45) is -0.755. The second kappa shape index (κ2) is 7.41. The van der Waals surface area contributed by atoms with Crippen LogP contribution >= 0.6 is 11.8 Å². The number of hydrogen-bond donors (Lipinski definition) is 3. The smallest absolute Gasteiger partial charge is 0.346 e. The molecule has 112 valence electrons. The summed E-state index contributed by atoms with van der Waals surface area (Å²) in [7, 11) is 0. The van der Waals surface area contributed by atoms with Crippen LogP contribution in [0.1, 0.15) is 29.9 Å². The first-order valence-electron chi connectivity index (χ1n) is 6.08. The summed E-state index contributed by atoms with van der Waals surface area (Å²) in [6.45, 7) is 5.35. The van der Waals surface area contributed by atoms with Gasteiger partial charge in [0.15, 0.2) is 0 Å². The molecular weight excluding hydrogens is 284 g/mol. The van der Waals surface area contributed by atoms with Gasteiger partial charge in [-0.3, -0.25) is 0 Å². The number of aromatic nitrogens is 2. The van der Waals surface area contributed by atoms with Crippen molar-refractivity contribution in [3.8, 4) is 0 Å². The van der Waals surface area contributed by atoms with Crippen LogP contribution in [0.5, 0.6) is 0 Å². The number of thioether (sulfide) groups is 1. The molecule has 0 aliphatic rings. The number of carbonyl (C=O) groups is 1. The standard InChI is InChI=1S/C12H18N2O5S/c1-6(2)19-4-8(15)5-20-10-9(11(16)17)7(3)13-12(18)14-10/h6,8,15H,4-5H2,1-3H3,(H,16,17)(H,13,14,18).